The number of ether oxygens (including phenoxy) is 1. The minimum atomic E-state index is -0.451. The summed E-state index contributed by atoms with van der Waals surface area (Å²) in [7, 11) is 0. The first kappa shape index (κ1) is 34.4. The van der Waals surface area contributed by atoms with Crippen LogP contribution >= 0.6 is 0 Å². The Hall–Kier alpha value is -6.84. The molecule has 1 aliphatic heterocycles. The van der Waals surface area contributed by atoms with Crippen molar-refractivity contribution in [1.29, 1.82) is 0 Å². The summed E-state index contributed by atoms with van der Waals surface area (Å²) in [5.74, 6) is 3.36. The fraction of sp³-hybridized carbons (Fsp3) is 0.127. The lowest BCUT2D eigenvalue weighted by Crippen LogP contribution is -2.39. The van der Waals surface area contributed by atoms with Crippen molar-refractivity contribution in [3.63, 3.8) is 0 Å². The molecule has 0 fully saturated rings. The molecule has 3 aliphatic carbocycles. The van der Waals surface area contributed by atoms with Crippen molar-refractivity contribution in [2.45, 2.75) is 37.0 Å². The molecule has 0 N–H and O–H groups in total. The fourth-order valence-electron chi connectivity index (χ4n) is 10.0. The zero-order chi connectivity index (χ0) is 38.8. The Morgan fingerprint density at radius 1 is 0.586 bits per heavy atom. The fourth-order valence-corrected chi connectivity index (χ4v) is 10.0. The summed E-state index contributed by atoms with van der Waals surface area (Å²) < 4.78 is 6.77. The molecule has 3 atom stereocenters. The van der Waals surface area contributed by atoms with Crippen LogP contribution in [0.5, 0.6) is 5.75 Å². The smallest absolute Gasteiger partial charge is 0.160 e. The normalized spacial score (nSPS) is 20.6. The van der Waals surface area contributed by atoms with Gasteiger partial charge in [0.15, 0.2) is 5.82 Å². The zero-order valence-corrected chi connectivity index (χ0v) is 32.6. The lowest BCUT2D eigenvalue weighted by molar-refractivity contribution is 0.372. The van der Waals surface area contributed by atoms with E-state index in [0.29, 0.717) is 11.8 Å². The first-order valence-corrected chi connectivity index (χ1v) is 20.4. The van der Waals surface area contributed by atoms with Gasteiger partial charge in [-0.3, -0.25) is 0 Å². The molecule has 58 heavy (non-hydrogen) atoms. The van der Waals surface area contributed by atoms with Gasteiger partial charge in [0.1, 0.15) is 11.5 Å². The molecule has 278 valence electrons. The maximum Gasteiger partial charge on any atom is 0.160 e. The number of hydrogen-bond donors (Lipinski definition) is 0. The predicted molar refractivity (Wildman–Crippen MR) is 235 cm³/mol. The molecule has 6 aromatic carbocycles. The van der Waals surface area contributed by atoms with Crippen LogP contribution in [0.15, 0.2) is 206 Å². The van der Waals surface area contributed by atoms with Gasteiger partial charge in [0.25, 0.3) is 0 Å². The third-order valence-electron chi connectivity index (χ3n) is 12.9. The van der Waals surface area contributed by atoms with Gasteiger partial charge in [-0.05, 0) is 75.6 Å². The van der Waals surface area contributed by atoms with E-state index in [1.807, 2.05) is 18.2 Å². The second-order valence-electron chi connectivity index (χ2n) is 16.4. The van der Waals surface area contributed by atoms with E-state index in [9.17, 15) is 0 Å². The Morgan fingerprint density at radius 2 is 1.22 bits per heavy atom. The van der Waals surface area contributed by atoms with E-state index < -0.39 is 5.41 Å². The number of para-hydroxylation sites is 1. The van der Waals surface area contributed by atoms with E-state index in [0.717, 1.165) is 51.8 Å². The molecule has 2 heterocycles. The van der Waals surface area contributed by atoms with E-state index >= 15 is 0 Å². The molecule has 0 saturated heterocycles. The van der Waals surface area contributed by atoms with Crippen molar-refractivity contribution in [3.8, 4) is 50.8 Å². The van der Waals surface area contributed by atoms with Crippen molar-refractivity contribution >= 4 is 0 Å². The van der Waals surface area contributed by atoms with Gasteiger partial charge in [-0.1, -0.05) is 184 Å². The molecule has 0 radical (unpaired) electrons. The van der Waals surface area contributed by atoms with Gasteiger partial charge in [-0.2, -0.15) is 0 Å². The number of hydrogen-bond acceptors (Lipinski definition) is 3. The number of nitrogens with zero attached hydrogens (tertiary/aromatic N) is 2. The van der Waals surface area contributed by atoms with Crippen molar-refractivity contribution in [3.05, 3.63) is 233 Å². The molecular formula is C55H42N2O. The van der Waals surface area contributed by atoms with Gasteiger partial charge < -0.3 is 4.74 Å². The molecule has 1 spiro atoms. The standard InChI is InChI=1S/C55H42N2O/c1-36-15-6-7-20-42(36)39-18-14-19-40(33-39)50-34-49(56-53(57-50)38-16-4-3-5-17-38)37-27-29-41(30-28-37)54(2)32-31-52-48(35-54)55(47-25-12-13-26-51(47)58-52)45-23-10-8-21-43(45)44-22-9-11-24-46(44)55/h3-34,36,42H,35H2,1-2H3. The average molecular weight is 747 g/mol. The number of fused-ring (bicyclic) bond motifs is 8. The summed E-state index contributed by atoms with van der Waals surface area (Å²) >= 11 is 0. The summed E-state index contributed by atoms with van der Waals surface area (Å²) in [5, 5.41) is 0. The second kappa shape index (κ2) is 13.4. The van der Waals surface area contributed by atoms with E-state index in [1.165, 1.54) is 44.5 Å². The van der Waals surface area contributed by atoms with E-state index in [4.69, 9.17) is 14.7 Å². The Balaban J connectivity index is 0.984. The van der Waals surface area contributed by atoms with Crippen LogP contribution in [0.1, 0.15) is 54.0 Å². The molecule has 3 unspecified atom stereocenters. The van der Waals surface area contributed by atoms with E-state index in [1.54, 1.807) is 0 Å². The van der Waals surface area contributed by atoms with Crippen LogP contribution in [-0.4, -0.2) is 9.97 Å². The number of aromatic nitrogens is 2. The van der Waals surface area contributed by atoms with E-state index in [2.05, 4.69) is 190 Å². The monoisotopic (exact) mass is 746 g/mol. The van der Waals surface area contributed by atoms with Crippen molar-refractivity contribution < 1.29 is 4.74 Å². The lowest BCUT2D eigenvalue weighted by Gasteiger charge is -2.45. The van der Waals surface area contributed by atoms with E-state index in [-0.39, 0.29) is 5.41 Å². The van der Waals surface area contributed by atoms with Gasteiger partial charge in [-0.25, -0.2) is 9.97 Å². The van der Waals surface area contributed by atoms with Crippen LogP contribution in [-0.2, 0) is 10.8 Å². The van der Waals surface area contributed by atoms with Gasteiger partial charge in [0.2, 0.25) is 0 Å². The van der Waals surface area contributed by atoms with Crippen LogP contribution in [0.2, 0.25) is 0 Å². The molecule has 0 saturated carbocycles. The second-order valence-corrected chi connectivity index (χ2v) is 16.4. The quantitative estimate of drug-likeness (QED) is 0.176. The SMILES string of the molecule is CC1C=CC=CC1c1cccc(-c2cc(-c3ccc(C4(C)C=CC5=C(C4)C4(c6ccccc6O5)c5ccccc5-c5ccccc54)cc3)nc(-c3ccccc3)n2)c1. The molecular weight excluding hydrogens is 705 g/mol. The van der Waals surface area contributed by atoms with Gasteiger partial charge in [-0.15, -0.1) is 0 Å². The minimum Gasteiger partial charge on any atom is -0.457 e. The number of rotatable bonds is 5. The summed E-state index contributed by atoms with van der Waals surface area (Å²) in [6, 6.07) is 56.9. The number of benzene rings is 6. The summed E-state index contributed by atoms with van der Waals surface area (Å²) in [4.78, 5) is 10.3. The van der Waals surface area contributed by atoms with Crippen LogP contribution in [0, 0.1) is 5.92 Å². The number of allylic oxidation sites excluding steroid dienone is 7. The minimum absolute atomic E-state index is 0.279. The molecule has 3 nitrogen and oxygen atoms in total. The maximum absolute atomic E-state index is 6.77. The van der Waals surface area contributed by atoms with Crippen LogP contribution in [0.25, 0.3) is 45.0 Å². The third-order valence-corrected chi connectivity index (χ3v) is 12.9. The molecule has 11 rings (SSSR count). The lowest BCUT2D eigenvalue weighted by atomic mass is 9.60. The van der Waals surface area contributed by atoms with Crippen molar-refractivity contribution in [2.75, 3.05) is 0 Å². The third kappa shape index (κ3) is 5.34. The molecule has 4 aliphatic rings. The Morgan fingerprint density at radius 3 is 1.97 bits per heavy atom. The van der Waals surface area contributed by atoms with Crippen molar-refractivity contribution in [1.82, 2.24) is 9.97 Å². The van der Waals surface area contributed by atoms with Crippen LogP contribution in [0.4, 0.5) is 0 Å². The highest BCUT2D eigenvalue weighted by Crippen LogP contribution is 2.63. The summed E-state index contributed by atoms with van der Waals surface area (Å²) in [5.41, 5.74) is 14.5. The predicted octanol–water partition coefficient (Wildman–Crippen LogP) is 13.2. The highest BCUT2D eigenvalue weighted by Gasteiger charge is 2.53. The Labute approximate surface area is 340 Å². The van der Waals surface area contributed by atoms with Gasteiger partial charge in [0.05, 0.1) is 16.8 Å². The van der Waals surface area contributed by atoms with Crippen LogP contribution < -0.4 is 4.74 Å². The highest BCUT2D eigenvalue weighted by atomic mass is 16.5. The van der Waals surface area contributed by atoms with Crippen LogP contribution in [0.3, 0.4) is 0 Å². The molecule has 0 bridgehead atoms. The largest absolute Gasteiger partial charge is 0.457 e. The van der Waals surface area contributed by atoms with Crippen molar-refractivity contribution in [2.24, 2.45) is 5.92 Å². The maximum atomic E-state index is 6.77. The topological polar surface area (TPSA) is 35.0 Å². The average Bonchev–Trinajstić information content (AvgIpc) is 3.58. The summed E-state index contributed by atoms with van der Waals surface area (Å²) in [6.07, 6.45) is 14.3. The first-order chi connectivity index (χ1) is 28.5. The Bertz CT molecular complexity index is 2830. The first-order valence-electron chi connectivity index (χ1n) is 20.4. The molecule has 0 amide bonds. The van der Waals surface area contributed by atoms with Gasteiger partial charge >= 0.3 is 0 Å². The Kier molecular flexibility index (Phi) is 7.94. The molecule has 3 heteroatoms. The molecule has 1 aromatic heterocycles. The molecule has 7 aromatic rings. The highest BCUT2D eigenvalue weighted by molar-refractivity contribution is 5.88. The zero-order valence-electron chi connectivity index (χ0n) is 32.6. The summed E-state index contributed by atoms with van der Waals surface area (Å²) in [6.45, 7) is 4.65. The van der Waals surface area contributed by atoms with Gasteiger partial charge in [0, 0.05) is 33.6 Å².